The summed E-state index contributed by atoms with van der Waals surface area (Å²) < 4.78 is 40.1. The van der Waals surface area contributed by atoms with E-state index >= 15 is 0 Å². The van der Waals surface area contributed by atoms with Gasteiger partial charge in [-0.25, -0.2) is 10.3 Å². The molecular formula is C16H12ClF3N6O. The molecule has 27 heavy (non-hydrogen) atoms. The number of carbonyl (C=O) groups is 1. The average molecular weight is 397 g/mol. The van der Waals surface area contributed by atoms with Crippen LogP contribution in [0.15, 0.2) is 48.8 Å². The first-order valence-corrected chi connectivity index (χ1v) is 7.96. The first kappa shape index (κ1) is 18.8. The lowest BCUT2D eigenvalue weighted by molar-refractivity contribution is -0.161. The largest absolute Gasteiger partial charge is 0.422 e. The maximum Gasteiger partial charge on any atom is 0.422 e. The van der Waals surface area contributed by atoms with E-state index in [1.54, 1.807) is 18.3 Å². The second-order valence-electron chi connectivity index (χ2n) is 5.50. The van der Waals surface area contributed by atoms with Crippen molar-refractivity contribution in [1.82, 2.24) is 20.6 Å². The summed E-state index contributed by atoms with van der Waals surface area (Å²) in [5, 5.41) is 15.8. The number of benzene rings is 1. The van der Waals surface area contributed by atoms with E-state index < -0.39 is 24.5 Å². The van der Waals surface area contributed by atoms with Crippen molar-refractivity contribution < 1.29 is 18.0 Å². The number of alkyl halides is 3. The number of anilines is 1. The van der Waals surface area contributed by atoms with Gasteiger partial charge in [0.1, 0.15) is 0 Å². The predicted octanol–water partition coefficient (Wildman–Crippen LogP) is 2.44. The summed E-state index contributed by atoms with van der Waals surface area (Å²) in [4.78, 5) is 16.0. The van der Waals surface area contributed by atoms with Crippen LogP contribution in [0.3, 0.4) is 0 Å². The van der Waals surface area contributed by atoms with Gasteiger partial charge in [0.05, 0.1) is 11.9 Å². The molecule has 7 nitrogen and oxygen atoms in total. The highest BCUT2D eigenvalue weighted by atomic mass is 35.5. The van der Waals surface area contributed by atoms with Crippen molar-refractivity contribution in [1.29, 1.82) is 5.26 Å². The van der Waals surface area contributed by atoms with Crippen LogP contribution in [0.1, 0.15) is 10.4 Å². The number of hydrazine groups is 1. The highest BCUT2D eigenvalue weighted by molar-refractivity contribution is 6.30. The van der Waals surface area contributed by atoms with E-state index in [4.69, 9.17) is 16.9 Å². The minimum atomic E-state index is -4.79. The van der Waals surface area contributed by atoms with Crippen LogP contribution in [-0.4, -0.2) is 34.5 Å². The van der Waals surface area contributed by atoms with Crippen LogP contribution in [-0.2, 0) is 0 Å². The lowest BCUT2D eigenvalue weighted by Gasteiger charge is -2.22. The molecule has 1 fully saturated rings. The van der Waals surface area contributed by atoms with Crippen molar-refractivity contribution in [3.8, 4) is 6.19 Å². The molecule has 2 aromatic rings. The summed E-state index contributed by atoms with van der Waals surface area (Å²) in [6.45, 7) is 0. The Bertz CT molecular complexity index is 855. The highest BCUT2D eigenvalue weighted by Gasteiger charge is 2.52. The topological polar surface area (TPSA) is 83.8 Å². The van der Waals surface area contributed by atoms with Crippen LogP contribution < -0.4 is 15.6 Å². The number of hydrogen-bond donors (Lipinski definition) is 2. The third-order valence-electron chi connectivity index (χ3n) is 3.68. The van der Waals surface area contributed by atoms with E-state index in [0.29, 0.717) is 10.7 Å². The third-order valence-corrected chi connectivity index (χ3v) is 3.93. The fraction of sp³-hybridized carbons (Fsp3) is 0.188. The number of nitrogens with one attached hydrogen (secondary N) is 2. The van der Waals surface area contributed by atoms with Gasteiger partial charge in [0.2, 0.25) is 12.5 Å². The Morgan fingerprint density at radius 3 is 2.56 bits per heavy atom. The van der Waals surface area contributed by atoms with Crippen LogP contribution in [0, 0.1) is 11.5 Å². The molecule has 2 atom stereocenters. The van der Waals surface area contributed by atoms with Crippen LogP contribution >= 0.6 is 11.6 Å². The van der Waals surface area contributed by atoms with Crippen molar-refractivity contribution >= 4 is 23.2 Å². The Kier molecular flexibility index (Phi) is 5.07. The number of halogens is 4. The first-order valence-electron chi connectivity index (χ1n) is 7.58. The third kappa shape index (κ3) is 4.21. The van der Waals surface area contributed by atoms with Gasteiger partial charge in [-0.1, -0.05) is 11.6 Å². The number of rotatable bonds is 5. The molecular weight excluding hydrogens is 385 g/mol. The van der Waals surface area contributed by atoms with Crippen LogP contribution in [0.25, 0.3) is 0 Å². The highest BCUT2D eigenvalue weighted by Crippen LogP contribution is 2.32. The van der Waals surface area contributed by atoms with Gasteiger partial charge in [0.25, 0.3) is 5.91 Å². The lowest BCUT2D eigenvalue weighted by atomic mass is 10.2. The van der Waals surface area contributed by atoms with Gasteiger partial charge in [0, 0.05) is 16.8 Å². The van der Waals surface area contributed by atoms with Crippen LogP contribution in [0.4, 0.5) is 18.9 Å². The number of hydrogen-bond acceptors (Lipinski definition) is 6. The Labute approximate surface area is 156 Å². The van der Waals surface area contributed by atoms with E-state index in [2.05, 4.69) is 10.3 Å². The maximum atomic E-state index is 13.4. The normalized spacial score (nSPS) is 17.2. The average Bonchev–Trinajstić information content (AvgIpc) is 3.34. The predicted molar refractivity (Wildman–Crippen MR) is 89.9 cm³/mol. The van der Waals surface area contributed by atoms with Crippen molar-refractivity contribution in [2.24, 2.45) is 0 Å². The number of nitrogens with zero attached hydrogens (tertiary/aromatic N) is 4. The van der Waals surface area contributed by atoms with E-state index in [9.17, 15) is 18.0 Å². The summed E-state index contributed by atoms with van der Waals surface area (Å²) in [6, 6.07) is 8.60. The zero-order valence-corrected chi connectivity index (χ0v) is 14.2. The fourth-order valence-electron chi connectivity index (χ4n) is 2.35. The second-order valence-corrected chi connectivity index (χ2v) is 5.93. The molecule has 1 aliphatic rings. The molecule has 2 heterocycles. The molecule has 0 bridgehead atoms. The van der Waals surface area contributed by atoms with E-state index in [-0.39, 0.29) is 5.56 Å². The van der Waals surface area contributed by atoms with Crippen molar-refractivity contribution in [3.63, 3.8) is 0 Å². The molecule has 140 valence electrons. The number of aromatic nitrogens is 1. The molecule has 0 spiro atoms. The summed E-state index contributed by atoms with van der Waals surface area (Å²) in [5.74, 6) is -0.932. The summed E-state index contributed by atoms with van der Waals surface area (Å²) in [6.07, 6.45) is -3.57. The zero-order chi connectivity index (χ0) is 19.6. The molecule has 0 saturated carbocycles. The van der Waals surface area contributed by atoms with Crippen LogP contribution in [0.2, 0.25) is 5.02 Å². The fourth-order valence-corrected chi connectivity index (χ4v) is 2.48. The van der Waals surface area contributed by atoms with Gasteiger partial charge in [-0.3, -0.25) is 9.78 Å². The van der Waals surface area contributed by atoms with Gasteiger partial charge in [0.15, 0.2) is 6.17 Å². The minimum Gasteiger partial charge on any atom is -0.329 e. The number of amides is 1. The molecule has 11 heteroatoms. The Morgan fingerprint density at radius 2 is 2.00 bits per heavy atom. The molecule has 1 amide bonds. The number of pyridine rings is 1. The van der Waals surface area contributed by atoms with E-state index in [1.807, 2.05) is 5.32 Å². The SMILES string of the molecule is N#CN1C(NC(NC(=O)c2ccc(Cl)cc2)C(F)(F)F)N1c1cccnc1. The van der Waals surface area contributed by atoms with Gasteiger partial charge in [-0.2, -0.15) is 23.4 Å². The molecule has 1 saturated heterocycles. The quantitative estimate of drug-likeness (QED) is 0.459. The van der Waals surface area contributed by atoms with Crippen molar-refractivity contribution in [2.75, 3.05) is 5.01 Å². The van der Waals surface area contributed by atoms with E-state index in [1.165, 1.54) is 41.7 Å². The summed E-state index contributed by atoms with van der Waals surface area (Å²) in [7, 11) is 0. The molecule has 2 unspecified atom stereocenters. The summed E-state index contributed by atoms with van der Waals surface area (Å²) >= 11 is 5.71. The van der Waals surface area contributed by atoms with Crippen LogP contribution in [0.5, 0.6) is 0 Å². The lowest BCUT2D eigenvalue weighted by Crippen LogP contribution is -2.56. The molecule has 1 aromatic carbocycles. The smallest absolute Gasteiger partial charge is 0.329 e. The maximum absolute atomic E-state index is 13.4. The van der Waals surface area contributed by atoms with Gasteiger partial charge in [-0.05, 0) is 36.4 Å². The molecule has 1 aromatic heterocycles. The second kappa shape index (κ2) is 7.30. The van der Waals surface area contributed by atoms with Gasteiger partial charge < -0.3 is 5.32 Å². The summed E-state index contributed by atoms with van der Waals surface area (Å²) in [5.41, 5.74) is 0.453. The molecule has 0 radical (unpaired) electrons. The monoisotopic (exact) mass is 396 g/mol. The number of carbonyl (C=O) groups excluding carboxylic acids is 1. The Morgan fingerprint density at radius 1 is 1.30 bits per heavy atom. The Balaban J connectivity index is 1.73. The van der Waals surface area contributed by atoms with Gasteiger partial charge in [-0.15, -0.1) is 0 Å². The van der Waals surface area contributed by atoms with Gasteiger partial charge >= 0.3 is 6.18 Å². The standard InChI is InChI=1S/C16H12ClF3N6O/c17-11-5-3-10(4-6-11)13(27)23-14(16(18,19)20)24-15-25(9-21)26(15)12-2-1-7-22-8-12/h1-8,14-15,24H,(H,23,27). The molecule has 1 aliphatic heterocycles. The minimum absolute atomic E-state index is 0.0208. The number of nitriles is 1. The van der Waals surface area contributed by atoms with Crippen molar-refractivity contribution in [2.45, 2.75) is 18.6 Å². The zero-order valence-electron chi connectivity index (χ0n) is 13.5. The van der Waals surface area contributed by atoms with Crippen molar-refractivity contribution in [3.05, 3.63) is 59.4 Å². The first-order chi connectivity index (χ1) is 12.8. The molecule has 0 aliphatic carbocycles. The van der Waals surface area contributed by atoms with E-state index in [0.717, 1.165) is 5.01 Å². The molecule has 2 N–H and O–H groups in total. The molecule has 3 rings (SSSR count). The Hall–Kier alpha value is -3.03.